The molecule has 2 amide bonds. The summed E-state index contributed by atoms with van der Waals surface area (Å²) in [5, 5.41) is 7.82. The summed E-state index contributed by atoms with van der Waals surface area (Å²) in [6.07, 6.45) is 2.15. The fraction of sp³-hybridized carbons (Fsp3) is 0.200. The highest BCUT2D eigenvalue weighted by atomic mass is 16.5. The first-order valence-corrected chi connectivity index (χ1v) is 8.61. The maximum Gasteiger partial charge on any atom is 0.248 e. The van der Waals surface area contributed by atoms with E-state index in [0.29, 0.717) is 17.9 Å². The molecule has 2 aromatic rings. The Morgan fingerprint density at radius 3 is 2.74 bits per heavy atom. The van der Waals surface area contributed by atoms with Crippen LogP contribution in [0, 0.1) is 5.92 Å². The van der Waals surface area contributed by atoms with Gasteiger partial charge < -0.3 is 4.74 Å². The van der Waals surface area contributed by atoms with Crippen molar-refractivity contribution in [1.82, 2.24) is 10.9 Å². The summed E-state index contributed by atoms with van der Waals surface area (Å²) in [6.45, 7) is 1.77. The van der Waals surface area contributed by atoms with Crippen LogP contribution in [-0.4, -0.2) is 23.7 Å². The zero-order chi connectivity index (χ0) is 19.1. The Bertz CT molecular complexity index is 878. The molecule has 1 atom stereocenters. The molecule has 0 spiro atoms. The SMILES string of the molecule is CC1=NNC(=O)[C@@H]1CCC(=O)N/N=C/c1cccc(Oc2ccccc2)c1. The number of ether oxygens (including phenoxy) is 1. The van der Waals surface area contributed by atoms with Crippen molar-refractivity contribution in [2.24, 2.45) is 16.1 Å². The average Bonchev–Trinajstić information content (AvgIpc) is 2.99. The van der Waals surface area contributed by atoms with E-state index < -0.39 is 0 Å². The number of rotatable bonds is 7. The van der Waals surface area contributed by atoms with Crippen LogP contribution in [0.25, 0.3) is 0 Å². The maximum atomic E-state index is 11.9. The molecular weight excluding hydrogens is 344 g/mol. The molecule has 0 aromatic heterocycles. The van der Waals surface area contributed by atoms with Gasteiger partial charge in [0.05, 0.1) is 12.1 Å². The summed E-state index contributed by atoms with van der Waals surface area (Å²) < 4.78 is 5.76. The molecule has 0 aliphatic carbocycles. The minimum atomic E-state index is -0.341. The van der Waals surface area contributed by atoms with Crippen molar-refractivity contribution in [2.45, 2.75) is 19.8 Å². The maximum absolute atomic E-state index is 11.9. The average molecular weight is 364 g/mol. The summed E-state index contributed by atoms with van der Waals surface area (Å²) in [4.78, 5) is 23.5. The summed E-state index contributed by atoms with van der Waals surface area (Å²) >= 11 is 0. The highest BCUT2D eigenvalue weighted by molar-refractivity contribution is 6.07. The molecule has 7 heteroatoms. The fourth-order valence-corrected chi connectivity index (χ4v) is 2.62. The lowest BCUT2D eigenvalue weighted by Crippen LogP contribution is -2.25. The molecule has 138 valence electrons. The Labute approximate surface area is 157 Å². The smallest absolute Gasteiger partial charge is 0.248 e. The van der Waals surface area contributed by atoms with Gasteiger partial charge in [0.15, 0.2) is 0 Å². The van der Waals surface area contributed by atoms with Gasteiger partial charge in [-0.25, -0.2) is 10.9 Å². The Balaban J connectivity index is 1.49. The van der Waals surface area contributed by atoms with E-state index >= 15 is 0 Å². The quantitative estimate of drug-likeness (QED) is 0.584. The molecule has 2 N–H and O–H groups in total. The topological polar surface area (TPSA) is 92.2 Å². The Morgan fingerprint density at radius 2 is 2.00 bits per heavy atom. The van der Waals surface area contributed by atoms with Crippen molar-refractivity contribution in [1.29, 1.82) is 0 Å². The van der Waals surface area contributed by atoms with Gasteiger partial charge in [-0.1, -0.05) is 30.3 Å². The Kier molecular flexibility index (Phi) is 5.94. The molecule has 27 heavy (non-hydrogen) atoms. The number of nitrogens with zero attached hydrogens (tertiary/aromatic N) is 2. The predicted molar refractivity (Wildman–Crippen MR) is 103 cm³/mol. The summed E-state index contributed by atoms with van der Waals surface area (Å²) in [5.74, 6) is 0.661. The van der Waals surface area contributed by atoms with Crippen LogP contribution >= 0.6 is 0 Å². The van der Waals surface area contributed by atoms with E-state index in [1.54, 1.807) is 13.1 Å². The summed E-state index contributed by atoms with van der Waals surface area (Å²) in [5.41, 5.74) is 6.37. The second-order valence-corrected chi connectivity index (χ2v) is 6.10. The van der Waals surface area contributed by atoms with E-state index in [-0.39, 0.29) is 24.2 Å². The van der Waals surface area contributed by atoms with Crippen LogP contribution in [0.2, 0.25) is 0 Å². The standard InChI is InChI=1S/C20H20N4O3/c1-14-18(20(26)24-22-14)10-11-19(25)23-21-13-15-6-5-9-17(12-15)27-16-7-3-2-4-8-16/h2-9,12-13,18H,10-11H2,1H3,(H,23,25)(H,24,26)/b21-13+/t18-/m1/s1. The minimum absolute atomic E-state index is 0.168. The number of benzene rings is 2. The lowest BCUT2D eigenvalue weighted by atomic mass is 9.99. The first-order valence-electron chi connectivity index (χ1n) is 8.61. The van der Waals surface area contributed by atoms with Crippen LogP contribution in [0.5, 0.6) is 11.5 Å². The Hall–Kier alpha value is -3.48. The highest BCUT2D eigenvalue weighted by Crippen LogP contribution is 2.21. The molecule has 0 unspecified atom stereocenters. The summed E-state index contributed by atoms with van der Waals surface area (Å²) in [7, 11) is 0. The lowest BCUT2D eigenvalue weighted by Gasteiger charge is -2.06. The number of hydrazone groups is 2. The van der Waals surface area contributed by atoms with Gasteiger partial charge in [0.2, 0.25) is 11.8 Å². The molecule has 1 heterocycles. The second kappa shape index (κ2) is 8.75. The van der Waals surface area contributed by atoms with E-state index in [4.69, 9.17) is 4.74 Å². The molecule has 1 aliphatic rings. The van der Waals surface area contributed by atoms with Crippen LogP contribution in [0.3, 0.4) is 0 Å². The molecule has 0 radical (unpaired) electrons. The van der Waals surface area contributed by atoms with Gasteiger partial charge in [-0.3, -0.25) is 9.59 Å². The van der Waals surface area contributed by atoms with Gasteiger partial charge in [0, 0.05) is 12.1 Å². The van der Waals surface area contributed by atoms with Gasteiger partial charge >= 0.3 is 0 Å². The largest absolute Gasteiger partial charge is 0.457 e. The third kappa shape index (κ3) is 5.24. The van der Waals surface area contributed by atoms with Crippen molar-refractivity contribution in [2.75, 3.05) is 0 Å². The molecule has 0 saturated carbocycles. The number of para-hydroxylation sites is 1. The molecule has 1 aliphatic heterocycles. The third-order valence-electron chi connectivity index (χ3n) is 4.06. The molecule has 7 nitrogen and oxygen atoms in total. The predicted octanol–water partition coefficient (Wildman–Crippen LogP) is 2.83. The first kappa shape index (κ1) is 18.3. The van der Waals surface area contributed by atoms with Gasteiger partial charge in [0.25, 0.3) is 0 Å². The normalized spacial score (nSPS) is 16.1. The van der Waals surface area contributed by atoms with Gasteiger partial charge in [-0.15, -0.1) is 0 Å². The van der Waals surface area contributed by atoms with Crippen LogP contribution in [0.15, 0.2) is 64.8 Å². The molecule has 0 bridgehead atoms. The van der Waals surface area contributed by atoms with Crippen LogP contribution < -0.4 is 15.6 Å². The van der Waals surface area contributed by atoms with Crippen molar-refractivity contribution in [3.63, 3.8) is 0 Å². The van der Waals surface area contributed by atoms with E-state index in [0.717, 1.165) is 11.3 Å². The second-order valence-electron chi connectivity index (χ2n) is 6.10. The lowest BCUT2D eigenvalue weighted by molar-refractivity contribution is -0.123. The number of hydrogen-bond donors (Lipinski definition) is 2. The molecule has 0 fully saturated rings. The molecule has 0 saturated heterocycles. The fourth-order valence-electron chi connectivity index (χ4n) is 2.62. The van der Waals surface area contributed by atoms with E-state index in [9.17, 15) is 9.59 Å². The van der Waals surface area contributed by atoms with Crippen molar-refractivity contribution >= 4 is 23.7 Å². The highest BCUT2D eigenvalue weighted by Gasteiger charge is 2.26. The van der Waals surface area contributed by atoms with E-state index in [1.165, 1.54) is 0 Å². The van der Waals surface area contributed by atoms with Crippen LogP contribution in [-0.2, 0) is 9.59 Å². The monoisotopic (exact) mass is 364 g/mol. The van der Waals surface area contributed by atoms with Crippen molar-refractivity contribution < 1.29 is 14.3 Å². The number of carbonyl (C=O) groups excluding carboxylic acids is 2. The third-order valence-corrected chi connectivity index (χ3v) is 4.06. The van der Waals surface area contributed by atoms with Crippen molar-refractivity contribution in [3.8, 4) is 11.5 Å². The first-order chi connectivity index (χ1) is 13.1. The van der Waals surface area contributed by atoms with Gasteiger partial charge in [-0.05, 0) is 43.2 Å². The molecule has 3 rings (SSSR count). The number of amides is 2. The number of nitrogens with one attached hydrogen (secondary N) is 2. The van der Waals surface area contributed by atoms with E-state index in [1.807, 2.05) is 54.6 Å². The van der Waals surface area contributed by atoms with Crippen molar-refractivity contribution in [3.05, 3.63) is 60.2 Å². The zero-order valence-corrected chi connectivity index (χ0v) is 14.9. The van der Waals surface area contributed by atoms with Crippen LogP contribution in [0.1, 0.15) is 25.3 Å². The van der Waals surface area contributed by atoms with Gasteiger partial charge in [-0.2, -0.15) is 10.2 Å². The zero-order valence-electron chi connectivity index (χ0n) is 14.9. The van der Waals surface area contributed by atoms with Crippen LogP contribution in [0.4, 0.5) is 0 Å². The minimum Gasteiger partial charge on any atom is -0.457 e. The van der Waals surface area contributed by atoms with E-state index in [2.05, 4.69) is 21.1 Å². The Morgan fingerprint density at radius 1 is 1.22 bits per heavy atom. The number of carbonyl (C=O) groups is 2. The van der Waals surface area contributed by atoms with Gasteiger partial charge in [0.1, 0.15) is 11.5 Å². The molecule has 2 aromatic carbocycles. The number of hydrogen-bond acceptors (Lipinski definition) is 5. The summed E-state index contributed by atoms with van der Waals surface area (Å²) in [6, 6.07) is 16.8. The molecular formula is C20H20N4O3.